The average Bonchev–Trinajstić information content (AvgIpc) is 2.95. The molecule has 21 heavy (non-hydrogen) atoms. The molecule has 2 aliphatic carbocycles. The van der Waals surface area contributed by atoms with Crippen LogP contribution in [0.3, 0.4) is 0 Å². The van der Waals surface area contributed by atoms with Crippen molar-refractivity contribution in [1.29, 1.82) is 0 Å². The van der Waals surface area contributed by atoms with Crippen LogP contribution in [0.15, 0.2) is 0 Å². The molecule has 1 aromatic rings. The van der Waals surface area contributed by atoms with Gasteiger partial charge in [-0.25, -0.2) is 4.98 Å². The van der Waals surface area contributed by atoms with Crippen molar-refractivity contribution in [2.24, 2.45) is 0 Å². The summed E-state index contributed by atoms with van der Waals surface area (Å²) in [4.78, 5) is 6.57. The Morgan fingerprint density at radius 2 is 2.05 bits per heavy atom. The van der Waals surface area contributed by atoms with Crippen molar-refractivity contribution in [3.63, 3.8) is 0 Å². The lowest BCUT2D eigenvalue weighted by molar-refractivity contribution is 0.454. The van der Waals surface area contributed by atoms with Crippen LogP contribution < -0.4 is 5.32 Å². The smallest absolute Gasteiger partial charge is 0.103 e. The molecule has 0 aliphatic heterocycles. The third-order valence-electron chi connectivity index (χ3n) is 4.63. The third kappa shape index (κ3) is 4.23. The minimum atomic E-state index is 0.526. The lowest BCUT2D eigenvalue weighted by Crippen LogP contribution is -2.25. The van der Waals surface area contributed by atoms with Gasteiger partial charge in [0.05, 0.1) is 11.7 Å². The maximum Gasteiger partial charge on any atom is 0.103 e. The summed E-state index contributed by atoms with van der Waals surface area (Å²) in [6.45, 7) is 3.36. The van der Waals surface area contributed by atoms with E-state index >= 15 is 0 Å². The Balaban J connectivity index is 1.58. The number of nitrogens with one attached hydrogen (secondary N) is 1. The number of thiazole rings is 1. The second-order valence-corrected chi connectivity index (χ2v) is 8.84. The average molecular weight is 325 g/mol. The Hall–Kier alpha value is -0.0600. The molecule has 1 unspecified atom stereocenters. The van der Waals surface area contributed by atoms with Crippen molar-refractivity contribution in [2.75, 3.05) is 6.54 Å². The highest BCUT2D eigenvalue weighted by Gasteiger charge is 2.24. The van der Waals surface area contributed by atoms with Gasteiger partial charge < -0.3 is 5.32 Å². The van der Waals surface area contributed by atoms with Crippen LogP contribution in [0.25, 0.3) is 0 Å². The molecule has 0 bridgehead atoms. The standard InChI is InChI=1S/C17H28N2S2/c1-2-11-18-14-9-6-10-15-17(14)19-16(21-15)12-20-13-7-4-3-5-8-13/h13-14,18H,2-12H2,1H3. The van der Waals surface area contributed by atoms with E-state index < -0.39 is 0 Å². The highest BCUT2D eigenvalue weighted by molar-refractivity contribution is 7.99. The summed E-state index contributed by atoms with van der Waals surface area (Å²) in [6, 6.07) is 0.526. The molecule has 1 atom stereocenters. The van der Waals surface area contributed by atoms with Gasteiger partial charge >= 0.3 is 0 Å². The van der Waals surface area contributed by atoms with Crippen molar-refractivity contribution in [3.8, 4) is 0 Å². The molecular weight excluding hydrogens is 296 g/mol. The molecule has 1 fully saturated rings. The molecule has 1 aromatic heterocycles. The largest absolute Gasteiger partial charge is 0.309 e. The number of hydrogen-bond donors (Lipinski definition) is 1. The first kappa shape index (κ1) is 15.8. The highest BCUT2D eigenvalue weighted by Crippen LogP contribution is 2.36. The third-order valence-corrected chi connectivity index (χ3v) is 7.33. The van der Waals surface area contributed by atoms with Crippen LogP contribution in [0, 0.1) is 0 Å². The van der Waals surface area contributed by atoms with Crippen LogP contribution in [-0.2, 0) is 12.2 Å². The Morgan fingerprint density at radius 1 is 1.19 bits per heavy atom. The molecule has 0 saturated heterocycles. The number of aryl methyl sites for hydroxylation is 1. The van der Waals surface area contributed by atoms with E-state index in [1.165, 1.54) is 68.5 Å². The summed E-state index contributed by atoms with van der Waals surface area (Å²) < 4.78 is 0. The van der Waals surface area contributed by atoms with Gasteiger partial charge in [-0.2, -0.15) is 11.8 Å². The van der Waals surface area contributed by atoms with Crippen LogP contribution in [0.2, 0.25) is 0 Å². The first-order valence-corrected chi connectivity index (χ1v) is 10.6. The van der Waals surface area contributed by atoms with Crippen LogP contribution in [0.1, 0.15) is 79.9 Å². The second kappa shape index (κ2) is 7.98. The summed E-state index contributed by atoms with van der Waals surface area (Å²) in [6.07, 6.45) is 12.2. The number of nitrogens with zero attached hydrogens (tertiary/aromatic N) is 1. The number of rotatable bonds is 6. The second-order valence-electron chi connectivity index (χ2n) is 6.39. The first-order chi connectivity index (χ1) is 10.4. The summed E-state index contributed by atoms with van der Waals surface area (Å²) in [5.41, 5.74) is 1.39. The highest BCUT2D eigenvalue weighted by atomic mass is 32.2. The van der Waals surface area contributed by atoms with E-state index in [-0.39, 0.29) is 0 Å². The molecule has 0 aromatic carbocycles. The Labute approximate surface area is 137 Å². The van der Waals surface area contributed by atoms with Gasteiger partial charge in [-0.1, -0.05) is 26.2 Å². The van der Waals surface area contributed by atoms with E-state index in [2.05, 4.69) is 24.0 Å². The minimum absolute atomic E-state index is 0.526. The van der Waals surface area contributed by atoms with Crippen LogP contribution in [0.4, 0.5) is 0 Å². The van der Waals surface area contributed by atoms with Crippen molar-refractivity contribution in [3.05, 3.63) is 15.6 Å². The van der Waals surface area contributed by atoms with E-state index in [0.29, 0.717) is 6.04 Å². The van der Waals surface area contributed by atoms with Gasteiger partial charge in [0.2, 0.25) is 0 Å². The van der Waals surface area contributed by atoms with Gasteiger partial charge in [-0.15, -0.1) is 11.3 Å². The molecule has 1 heterocycles. The summed E-state index contributed by atoms with van der Waals surface area (Å²) in [7, 11) is 0. The van der Waals surface area contributed by atoms with Crippen LogP contribution in [-0.4, -0.2) is 16.8 Å². The fraction of sp³-hybridized carbons (Fsp3) is 0.824. The lowest BCUT2D eigenvalue weighted by Gasteiger charge is -2.22. The molecule has 2 aliphatic rings. The van der Waals surface area contributed by atoms with Crippen LogP contribution in [0.5, 0.6) is 0 Å². The Kier molecular flexibility index (Phi) is 6.01. The molecule has 0 spiro atoms. The van der Waals surface area contributed by atoms with Crippen molar-refractivity contribution >= 4 is 23.1 Å². The molecule has 0 amide bonds. The van der Waals surface area contributed by atoms with Crippen molar-refractivity contribution in [2.45, 2.75) is 81.8 Å². The Bertz CT molecular complexity index is 438. The Morgan fingerprint density at radius 3 is 2.86 bits per heavy atom. The van der Waals surface area contributed by atoms with Gasteiger partial charge in [-0.05, 0) is 45.1 Å². The monoisotopic (exact) mass is 324 g/mol. The molecule has 0 radical (unpaired) electrons. The first-order valence-electron chi connectivity index (χ1n) is 8.70. The normalized spacial score (nSPS) is 23.2. The van der Waals surface area contributed by atoms with E-state index in [1.807, 2.05) is 11.3 Å². The molecule has 1 saturated carbocycles. The number of aromatic nitrogens is 1. The zero-order chi connectivity index (χ0) is 14.5. The molecular formula is C17H28N2S2. The summed E-state index contributed by atoms with van der Waals surface area (Å²) >= 11 is 4.15. The van der Waals surface area contributed by atoms with Gasteiger partial charge in [0, 0.05) is 15.9 Å². The molecule has 118 valence electrons. The zero-order valence-corrected chi connectivity index (χ0v) is 14.8. The lowest BCUT2D eigenvalue weighted by atomic mass is 9.97. The molecule has 3 rings (SSSR count). The topological polar surface area (TPSA) is 24.9 Å². The predicted octanol–water partition coefficient (Wildman–Crippen LogP) is 5.09. The number of thioether (sulfide) groups is 1. The van der Waals surface area contributed by atoms with E-state index in [9.17, 15) is 0 Å². The predicted molar refractivity (Wildman–Crippen MR) is 94.3 cm³/mol. The molecule has 1 N–H and O–H groups in total. The van der Waals surface area contributed by atoms with Gasteiger partial charge in [0.25, 0.3) is 0 Å². The van der Waals surface area contributed by atoms with Crippen molar-refractivity contribution in [1.82, 2.24) is 10.3 Å². The molecule has 4 heteroatoms. The zero-order valence-electron chi connectivity index (χ0n) is 13.2. The van der Waals surface area contributed by atoms with Gasteiger partial charge in [0.15, 0.2) is 0 Å². The summed E-state index contributed by atoms with van der Waals surface area (Å²) in [5.74, 6) is 1.14. The van der Waals surface area contributed by atoms with Gasteiger partial charge in [0.1, 0.15) is 5.01 Å². The van der Waals surface area contributed by atoms with E-state index in [0.717, 1.165) is 17.5 Å². The van der Waals surface area contributed by atoms with Crippen molar-refractivity contribution < 1.29 is 0 Å². The fourth-order valence-electron chi connectivity index (χ4n) is 3.47. The maximum atomic E-state index is 5.00. The fourth-order valence-corrected chi connectivity index (χ4v) is 5.99. The van der Waals surface area contributed by atoms with Gasteiger partial charge in [-0.3, -0.25) is 0 Å². The van der Waals surface area contributed by atoms with Crippen LogP contribution >= 0.6 is 23.1 Å². The quantitative estimate of drug-likeness (QED) is 0.789. The number of hydrogen-bond acceptors (Lipinski definition) is 4. The SMILES string of the molecule is CCCNC1CCCc2sc(CSC3CCCCC3)nc21. The minimum Gasteiger partial charge on any atom is -0.309 e. The maximum absolute atomic E-state index is 5.00. The van der Waals surface area contributed by atoms with E-state index in [4.69, 9.17) is 4.98 Å². The molecule has 2 nitrogen and oxygen atoms in total. The number of fused-ring (bicyclic) bond motifs is 1. The summed E-state index contributed by atoms with van der Waals surface area (Å²) in [5, 5.41) is 5.96. The van der Waals surface area contributed by atoms with E-state index in [1.54, 1.807) is 4.88 Å².